The number of hydrogen-bond donors (Lipinski definition) is 2. The number of nitrogens with zero attached hydrogens (tertiary/aromatic N) is 3. The van der Waals surface area contributed by atoms with Gasteiger partial charge in [0.1, 0.15) is 11.6 Å². The summed E-state index contributed by atoms with van der Waals surface area (Å²) in [4.78, 5) is 11.3. The third kappa shape index (κ3) is 3.67. The molecule has 0 bridgehead atoms. The normalized spacial score (nSPS) is 23.7. The molecule has 2 heterocycles. The summed E-state index contributed by atoms with van der Waals surface area (Å²) >= 11 is 0. The smallest absolute Gasteiger partial charge is 0.132 e. The molecule has 2 N–H and O–H groups in total. The first-order chi connectivity index (χ1) is 9.56. The fraction of sp³-hybridized carbons (Fsp3) is 0.733. The van der Waals surface area contributed by atoms with Gasteiger partial charge in [-0.15, -0.1) is 0 Å². The monoisotopic (exact) mass is 279 g/mol. The van der Waals surface area contributed by atoms with Gasteiger partial charge in [0, 0.05) is 31.3 Å². The first-order valence-corrected chi connectivity index (χ1v) is 7.49. The molecule has 1 saturated heterocycles. The van der Waals surface area contributed by atoms with Crippen LogP contribution in [-0.2, 0) is 6.42 Å². The van der Waals surface area contributed by atoms with Crippen molar-refractivity contribution in [3.05, 3.63) is 17.6 Å². The van der Waals surface area contributed by atoms with E-state index in [1.807, 2.05) is 13.0 Å². The minimum absolute atomic E-state index is 0.162. The van der Waals surface area contributed by atoms with Crippen molar-refractivity contribution in [2.75, 3.05) is 24.6 Å². The Bertz CT molecular complexity index is 453. The Morgan fingerprint density at radius 2 is 2.10 bits per heavy atom. The van der Waals surface area contributed by atoms with Gasteiger partial charge >= 0.3 is 0 Å². The van der Waals surface area contributed by atoms with Crippen molar-refractivity contribution < 1.29 is 10.2 Å². The van der Waals surface area contributed by atoms with Gasteiger partial charge < -0.3 is 15.1 Å². The second-order valence-electron chi connectivity index (χ2n) is 5.76. The zero-order valence-corrected chi connectivity index (χ0v) is 12.5. The fourth-order valence-corrected chi connectivity index (χ4v) is 2.68. The average Bonchev–Trinajstić information content (AvgIpc) is 2.61. The quantitative estimate of drug-likeness (QED) is 0.873. The molecule has 0 unspecified atom stereocenters. The molecule has 1 atom stereocenters. The first-order valence-electron chi connectivity index (χ1n) is 7.49. The molecule has 20 heavy (non-hydrogen) atoms. The summed E-state index contributed by atoms with van der Waals surface area (Å²) in [7, 11) is 0. The molecule has 2 rings (SSSR count). The Morgan fingerprint density at radius 3 is 2.80 bits per heavy atom. The van der Waals surface area contributed by atoms with Crippen molar-refractivity contribution in [3.8, 4) is 0 Å². The van der Waals surface area contributed by atoms with Gasteiger partial charge in [0.25, 0.3) is 0 Å². The van der Waals surface area contributed by atoms with Crippen LogP contribution in [0.25, 0.3) is 0 Å². The van der Waals surface area contributed by atoms with Gasteiger partial charge in [0.2, 0.25) is 0 Å². The number of rotatable bonds is 4. The summed E-state index contributed by atoms with van der Waals surface area (Å²) in [6.07, 6.45) is 4.01. The Balaban J connectivity index is 2.15. The van der Waals surface area contributed by atoms with Crippen LogP contribution in [0.4, 0.5) is 5.82 Å². The van der Waals surface area contributed by atoms with Crippen molar-refractivity contribution in [3.63, 3.8) is 0 Å². The van der Waals surface area contributed by atoms with Crippen LogP contribution >= 0.6 is 0 Å². The summed E-state index contributed by atoms with van der Waals surface area (Å²) in [6, 6.07) is 2.00. The molecule has 5 heteroatoms. The minimum Gasteiger partial charge on any atom is -0.393 e. The van der Waals surface area contributed by atoms with Gasteiger partial charge in [0.15, 0.2) is 0 Å². The fourth-order valence-electron chi connectivity index (χ4n) is 2.68. The standard InChI is InChI=1S/C15H25N3O2/c1-3-5-13-16-12(2)10-14(17-13)18-8-4-6-15(20,11-19)7-9-18/h10,19-20H,3-9,11H2,1-2H3/t15-/m0/s1. The van der Waals surface area contributed by atoms with Crippen molar-refractivity contribution in [2.24, 2.45) is 0 Å². The predicted molar refractivity (Wildman–Crippen MR) is 78.9 cm³/mol. The van der Waals surface area contributed by atoms with Crippen LogP contribution in [0.15, 0.2) is 6.07 Å². The van der Waals surface area contributed by atoms with Crippen molar-refractivity contribution in [1.29, 1.82) is 0 Å². The van der Waals surface area contributed by atoms with Gasteiger partial charge in [-0.3, -0.25) is 0 Å². The van der Waals surface area contributed by atoms with Crippen LogP contribution in [0, 0.1) is 6.92 Å². The Labute approximate surface area is 120 Å². The van der Waals surface area contributed by atoms with E-state index in [0.717, 1.165) is 49.7 Å². The molecule has 1 fully saturated rings. The van der Waals surface area contributed by atoms with Crippen molar-refractivity contribution >= 4 is 5.82 Å². The molecule has 0 radical (unpaired) electrons. The van der Waals surface area contributed by atoms with Crippen LogP contribution in [0.5, 0.6) is 0 Å². The number of hydrogen-bond acceptors (Lipinski definition) is 5. The predicted octanol–water partition coefficient (Wildman–Crippen LogP) is 1.45. The van der Waals surface area contributed by atoms with E-state index >= 15 is 0 Å². The Kier molecular flexibility index (Phi) is 4.94. The molecule has 1 aliphatic rings. The summed E-state index contributed by atoms with van der Waals surface area (Å²) in [5.74, 6) is 1.84. The molecule has 1 aromatic heterocycles. The molecule has 1 aromatic rings. The van der Waals surface area contributed by atoms with E-state index < -0.39 is 5.60 Å². The average molecular weight is 279 g/mol. The lowest BCUT2D eigenvalue weighted by Gasteiger charge is -2.25. The molecule has 5 nitrogen and oxygen atoms in total. The van der Waals surface area contributed by atoms with Gasteiger partial charge in [-0.2, -0.15) is 0 Å². The molecule has 0 aliphatic carbocycles. The van der Waals surface area contributed by atoms with E-state index in [0.29, 0.717) is 12.8 Å². The Morgan fingerprint density at radius 1 is 1.30 bits per heavy atom. The second kappa shape index (κ2) is 6.50. The topological polar surface area (TPSA) is 69.5 Å². The molecule has 1 aliphatic heterocycles. The van der Waals surface area contributed by atoms with E-state index in [1.165, 1.54) is 0 Å². The van der Waals surface area contributed by atoms with Gasteiger partial charge in [-0.1, -0.05) is 6.92 Å². The largest absolute Gasteiger partial charge is 0.393 e. The van der Waals surface area contributed by atoms with Gasteiger partial charge in [-0.25, -0.2) is 9.97 Å². The maximum Gasteiger partial charge on any atom is 0.132 e. The molecule has 0 aromatic carbocycles. The van der Waals surface area contributed by atoms with E-state index in [4.69, 9.17) is 0 Å². The summed E-state index contributed by atoms with van der Waals surface area (Å²) in [6.45, 7) is 5.54. The van der Waals surface area contributed by atoms with Crippen LogP contribution in [0.1, 0.15) is 44.1 Å². The molecular weight excluding hydrogens is 254 g/mol. The number of aliphatic hydroxyl groups excluding tert-OH is 1. The molecule has 0 spiro atoms. The third-order valence-electron chi connectivity index (χ3n) is 3.90. The van der Waals surface area contributed by atoms with Crippen LogP contribution in [-0.4, -0.2) is 45.5 Å². The number of aromatic nitrogens is 2. The van der Waals surface area contributed by atoms with Crippen LogP contribution < -0.4 is 4.90 Å². The highest BCUT2D eigenvalue weighted by Crippen LogP contribution is 2.24. The highest BCUT2D eigenvalue weighted by atomic mass is 16.3. The van der Waals surface area contributed by atoms with E-state index in [9.17, 15) is 10.2 Å². The van der Waals surface area contributed by atoms with Crippen molar-refractivity contribution in [1.82, 2.24) is 9.97 Å². The van der Waals surface area contributed by atoms with Gasteiger partial charge in [0.05, 0.1) is 12.2 Å². The molecule has 0 saturated carbocycles. The number of aryl methyl sites for hydroxylation is 2. The molecular formula is C15H25N3O2. The minimum atomic E-state index is -0.928. The van der Waals surface area contributed by atoms with Crippen molar-refractivity contribution in [2.45, 2.75) is 51.6 Å². The van der Waals surface area contributed by atoms with Gasteiger partial charge in [-0.05, 0) is 32.6 Å². The number of aliphatic hydroxyl groups is 2. The lowest BCUT2D eigenvalue weighted by atomic mass is 9.96. The van der Waals surface area contributed by atoms with E-state index in [2.05, 4.69) is 21.8 Å². The van der Waals surface area contributed by atoms with Crippen LogP contribution in [0.2, 0.25) is 0 Å². The molecule has 0 amide bonds. The zero-order valence-electron chi connectivity index (χ0n) is 12.5. The van der Waals surface area contributed by atoms with Crippen LogP contribution in [0.3, 0.4) is 0 Å². The maximum absolute atomic E-state index is 10.2. The number of anilines is 1. The third-order valence-corrected chi connectivity index (χ3v) is 3.90. The summed E-state index contributed by atoms with van der Waals surface area (Å²) < 4.78 is 0. The first kappa shape index (κ1) is 15.2. The van der Waals surface area contributed by atoms with E-state index in [-0.39, 0.29) is 6.61 Å². The highest BCUT2D eigenvalue weighted by molar-refractivity contribution is 5.40. The zero-order chi connectivity index (χ0) is 14.6. The molecule has 112 valence electrons. The SMILES string of the molecule is CCCc1nc(C)cc(N2CCC[C@@](O)(CO)CC2)n1. The maximum atomic E-state index is 10.2. The lowest BCUT2D eigenvalue weighted by molar-refractivity contribution is -0.0232. The lowest BCUT2D eigenvalue weighted by Crippen LogP contribution is -2.35. The second-order valence-corrected chi connectivity index (χ2v) is 5.76. The summed E-state index contributed by atoms with van der Waals surface area (Å²) in [5, 5.41) is 19.5. The summed E-state index contributed by atoms with van der Waals surface area (Å²) in [5.41, 5.74) is 0.0587. The highest BCUT2D eigenvalue weighted by Gasteiger charge is 2.29. The Hall–Kier alpha value is -1.20. The van der Waals surface area contributed by atoms with E-state index in [1.54, 1.807) is 0 Å².